The highest BCUT2D eigenvalue weighted by atomic mass is 19.1. The van der Waals surface area contributed by atoms with Crippen molar-refractivity contribution in [3.05, 3.63) is 65.5 Å². The van der Waals surface area contributed by atoms with Gasteiger partial charge in [-0.1, -0.05) is 30.3 Å². The Hall–Kier alpha value is -2.93. The molecule has 0 saturated carbocycles. The van der Waals surface area contributed by atoms with E-state index in [1.165, 1.54) is 17.7 Å². The van der Waals surface area contributed by atoms with Crippen LogP contribution in [0.5, 0.6) is 0 Å². The lowest BCUT2D eigenvalue weighted by Crippen LogP contribution is -2.42. The zero-order chi connectivity index (χ0) is 20.8. The molecule has 2 amide bonds. The number of nitrogens with one attached hydrogen (secondary N) is 2. The number of carbonyl (C=O) groups excluding carboxylic acids is 2. The van der Waals surface area contributed by atoms with Crippen LogP contribution in [0.25, 0.3) is 0 Å². The molecule has 29 heavy (non-hydrogen) atoms. The number of hydrogen-bond acceptors (Lipinski definition) is 4. The third kappa shape index (κ3) is 5.32. The molecule has 0 bridgehead atoms. The highest BCUT2D eigenvalue weighted by Gasteiger charge is 2.28. The minimum Gasteiger partial charge on any atom is -0.361 e. The van der Waals surface area contributed by atoms with Crippen LogP contribution in [-0.2, 0) is 9.59 Å². The van der Waals surface area contributed by atoms with Gasteiger partial charge in [0.05, 0.1) is 19.1 Å². The molecular weight excluding hydrogens is 371 g/mol. The first kappa shape index (κ1) is 20.8. The fraction of sp³-hybridized carbons (Fsp3) is 0.364. The van der Waals surface area contributed by atoms with Crippen molar-refractivity contribution in [3.63, 3.8) is 0 Å². The standard InChI is InChI=1S/C22H27FN4O2/c1-15(16-6-8-18(23)9-7-16)26-21(28)12-25-22(29)14-27-13-17(10-11-24)19-4-2-3-5-20(19)27/h2-9,15,17H,10-14,24H2,1H3,(H,25,29)(H,26,28). The van der Waals surface area contributed by atoms with Gasteiger partial charge in [0.15, 0.2) is 0 Å². The van der Waals surface area contributed by atoms with Crippen LogP contribution >= 0.6 is 0 Å². The van der Waals surface area contributed by atoms with Crippen molar-refractivity contribution in [2.45, 2.75) is 25.3 Å². The number of nitrogens with two attached hydrogens (primary N) is 1. The third-order valence-corrected chi connectivity index (χ3v) is 5.20. The van der Waals surface area contributed by atoms with Crippen molar-refractivity contribution in [1.82, 2.24) is 10.6 Å². The average molecular weight is 398 g/mol. The van der Waals surface area contributed by atoms with E-state index >= 15 is 0 Å². The number of hydrogen-bond donors (Lipinski definition) is 3. The fourth-order valence-corrected chi connectivity index (χ4v) is 3.72. The second-order valence-electron chi connectivity index (χ2n) is 7.33. The van der Waals surface area contributed by atoms with Crippen LogP contribution in [0, 0.1) is 5.82 Å². The van der Waals surface area contributed by atoms with Crippen LogP contribution in [0.4, 0.5) is 10.1 Å². The molecular formula is C22H27FN4O2. The van der Waals surface area contributed by atoms with Crippen molar-refractivity contribution >= 4 is 17.5 Å². The molecule has 0 saturated heterocycles. The van der Waals surface area contributed by atoms with E-state index in [2.05, 4.69) is 16.7 Å². The Bertz CT molecular complexity index is 856. The summed E-state index contributed by atoms with van der Waals surface area (Å²) in [5.74, 6) is -0.503. The average Bonchev–Trinajstić information content (AvgIpc) is 3.05. The molecule has 4 N–H and O–H groups in total. The van der Waals surface area contributed by atoms with Gasteiger partial charge in [-0.15, -0.1) is 0 Å². The lowest BCUT2D eigenvalue weighted by Gasteiger charge is -2.20. The number of halogens is 1. The Kier molecular flexibility index (Phi) is 6.82. The SMILES string of the molecule is CC(NC(=O)CNC(=O)CN1CC(CCN)c2ccccc21)c1ccc(F)cc1. The van der Waals surface area contributed by atoms with E-state index in [1.54, 1.807) is 12.1 Å². The molecule has 0 spiro atoms. The summed E-state index contributed by atoms with van der Waals surface area (Å²) in [6, 6.07) is 13.7. The van der Waals surface area contributed by atoms with Gasteiger partial charge in [-0.3, -0.25) is 9.59 Å². The molecule has 7 heteroatoms. The molecule has 1 aliphatic rings. The number of anilines is 1. The van der Waals surface area contributed by atoms with E-state index < -0.39 is 0 Å². The summed E-state index contributed by atoms with van der Waals surface area (Å²) in [7, 11) is 0. The third-order valence-electron chi connectivity index (χ3n) is 5.20. The van der Waals surface area contributed by atoms with Gasteiger partial charge in [0.1, 0.15) is 5.82 Å². The first-order valence-electron chi connectivity index (χ1n) is 9.83. The van der Waals surface area contributed by atoms with Crippen LogP contribution in [0.15, 0.2) is 48.5 Å². The van der Waals surface area contributed by atoms with Crippen LogP contribution < -0.4 is 21.3 Å². The minimum absolute atomic E-state index is 0.105. The number of amides is 2. The van der Waals surface area contributed by atoms with E-state index in [4.69, 9.17) is 5.73 Å². The Labute approximate surface area is 170 Å². The summed E-state index contributed by atoms with van der Waals surface area (Å²) in [5.41, 5.74) is 8.79. The van der Waals surface area contributed by atoms with Gasteiger partial charge < -0.3 is 21.3 Å². The van der Waals surface area contributed by atoms with Gasteiger partial charge in [-0.2, -0.15) is 0 Å². The maximum atomic E-state index is 13.0. The van der Waals surface area contributed by atoms with E-state index in [-0.39, 0.29) is 36.8 Å². The van der Waals surface area contributed by atoms with E-state index in [1.807, 2.05) is 30.0 Å². The zero-order valence-corrected chi connectivity index (χ0v) is 16.5. The highest BCUT2D eigenvalue weighted by molar-refractivity contribution is 5.87. The summed E-state index contributed by atoms with van der Waals surface area (Å²) in [4.78, 5) is 26.5. The number of benzene rings is 2. The monoisotopic (exact) mass is 398 g/mol. The molecule has 6 nitrogen and oxygen atoms in total. The number of rotatable bonds is 8. The first-order valence-corrected chi connectivity index (χ1v) is 9.83. The number of nitrogens with zero attached hydrogens (tertiary/aromatic N) is 1. The molecule has 0 aromatic heterocycles. The van der Waals surface area contributed by atoms with Gasteiger partial charge in [-0.05, 0) is 49.2 Å². The van der Waals surface area contributed by atoms with Crippen molar-refractivity contribution in [2.24, 2.45) is 5.73 Å². The molecule has 1 heterocycles. The van der Waals surface area contributed by atoms with Crippen LogP contribution in [0.2, 0.25) is 0 Å². The van der Waals surface area contributed by atoms with E-state index in [0.717, 1.165) is 24.2 Å². The van der Waals surface area contributed by atoms with Crippen LogP contribution in [0.1, 0.15) is 36.4 Å². The predicted octanol–water partition coefficient (Wildman–Crippen LogP) is 2.07. The Balaban J connectivity index is 1.48. The lowest BCUT2D eigenvalue weighted by atomic mass is 9.98. The topological polar surface area (TPSA) is 87.5 Å². The second-order valence-corrected chi connectivity index (χ2v) is 7.33. The molecule has 0 fully saturated rings. The van der Waals surface area contributed by atoms with Gasteiger partial charge in [0, 0.05) is 18.2 Å². The molecule has 2 aromatic rings. The van der Waals surface area contributed by atoms with E-state index in [0.29, 0.717) is 12.5 Å². The molecule has 154 valence electrons. The van der Waals surface area contributed by atoms with Crippen molar-refractivity contribution in [3.8, 4) is 0 Å². The summed E-state index contributed by atoms with van der Waals surface area (Å²) in [5, 5.41) is 5.48. The van der Waals surface area contributed by atoms with Crippen LogP contribution in [0.3, 0.4) is 0 Å². The summed E-state index contributed by atoms with van der Waals surface area (Å²) >= 11 is 0. The number of fused-ring (bicyclic) bond motifs is 1. The van der Waals surface area contributed by atoms with Gasteiger partial charge >= 0.3 is 0 Å². The van der Waals surface area contributed by atoms with Crippen molar-refractivity contribution in [2.75, 3.05) is 31.1 Å². The largest absolute Gasteiger partial charge is 0.361 e. The molecule has 1 aliphatic heterocycles. The molecule has 0 aliphatic carbocycles. The molecule has 2 aromatic carbocycles. The van der Waals surface area contributed by atoms with Gasteiger partial charge in [0.2, 0.25) is 11.8 Å². The zero-order valence-electron chi connectivity index (χ0n) is 16.5. The van der Waals surface area contributed by atoms with Crippen molar-refractivity contribution < 1.29 is 14.0 Å². The first-order chi connectivity index (χ1) is 14.0. The number of para-hydroxylation sites is 1. The summed E-state index contributed by atoms with van der Waals surface area (Å²) in [6.07, 6.45) is 0.874. The molecule has 2 unspecified atom stereocenters. The minimum atomic E-state index is -0.322. The maximum Gasteiger partial charge on any atom is 0.239 e. The molecule has 2 atom stereocenters. The Morgan fingerprint density at radius 2 is 1.90 bits per heavy atom. The van der Waals surface area contributed by atoms with Gasteiger partial charge in [-0.25, -0.2) is 4.39 Å². The summed E-state index contributed by atoms with van der Waals surface area (Å²) in [6.45, 7) is 3.25. The fourth-order valence-electron chi connectivity index (χ4n) is 3.72. The molecule has 3 rings (SSSR count). The quantitative estimate of drug-likeness (QED) is 0.635. The number of carbonyl (C=O) groups is 2. The van der Waals surface area contributed by atoms with Gasteiger partial charge in [0.25, 0.3) is 0 Å². The summed E-state index contributed by atoms with van der Waals surface area (Å²) < 4.78 is 13.0. The lowest BCUT2D eigenvalue weighted by molar-refractivity contribution is -0.125. The smallest absolute Gasteiger partial charge is 0.239 e. The maximum absolute atomic E-state index is 13.0. The highest BCUT2D eigenvalue weighted by Crippen LogP contribution is 2.37. The van der Waals surface area contributed by atoms with Crippen LogP contribution in [-0.4, -0.2) is 38.0 Å². The second kappa shape index (κ2) is 9.52. The molecule has 0 radical (unpaired) electrons. The Morgan fingerprint density at radius 1 is 1.17 bits per heavy atom. The van der Waals surface area contributed by atoms with Crippen molar-refractivity contribution in [1.29, 1.82) is 0 Å². The Morgan fingerprint density at radius 3 is 2.62 bits per heavy atom. The predicted molar refractivity (Wildman–Crippen MR) is 111 cm³/mol. The van der Waals surface area contributed by atoms with E-state index in [9.17, 15) is 14.0 Å². The normalized spacial score (nSPS) is 16.2.